The molecule has 1 heterocycles. The van der Waals surface area contributed by atoms with Crippen molar-refractivity contribution in [2.45, 2.75) is 26.7 Å². The second-order valence-electron chi connectivity index (χ2n) is 2.40. The maximum absolute atomic E-state index is 8.36. The maximum Gasteiger partial charge on any atom is 0.0900 e. The summed E-state index contributed by atoms with van der Waals surface area (Å²) in [6, 6.07) is 2.13. The summed E-state index contributed by atoms with van der Waals surface area (Å²) in [5.74, 6) is 0. The van der Waals surface area contributed by atoms with Crippen LogP contribution in [0, 0.1) is 25.2 Å². The minimum atomic E-state index is 0.600. The Bertz CT molecular complexity index is 283. The zero-order valence-electron chi connectivity index (χ0n) is 6.72. The van der Waals surface area contributed by atoms with Gasteiger partial charge in [-0.3, -0.25) is 0 Å². The lowest BCUT2D eigenvalue weighted by atomic mass is 10.2. The molecule has 1 aromatic heterocycles. The quantitative estimate of drug-likeness (QED) is 0.675. The number of aryl methyl sites for hydroxylation is 3. The molecule has 0 saturated carbocycles. The van der Waals surface area contributed by atoms with E-state index in [1.54, 1.807) is 11.3 Å². The van der Waals surface area contributed by atoms with Crippen LogP contribution < -0.4 is 0 Å². The first-order valence-electron chi connectivity index (χ1n) is 3.54. The highest BCUT2D eigenvalue weighted by Crippen LogP contribution is 2.18. The van der Waals surface area contributed by atoms with Crippen molar-refractivity contribution in [2.75, 3.05) is 0 Å². The summed E-state index contributed by atoms with van der Waals surface area (Å²) in [6.07, 6.45) is 1.45. The average Bonchev–Trinajstić information content (AvgIpc) is 2.26. The van der Waals surface area contributed by atoms with Gasteiger partial charge < -0.3 is 0 Å². The summed E-state index contributed by atoms with van der Waals surface area (Å²) in [4.78, 5) is 5.53. The molecule has 2 nitrogen and oxygen atoms in total. The lowest BCUT2D eigenvalue weighted by molar-refractivity contribution is 1.01. The minimum absolute atomic E-state index is 0.600. The Morgan fingerprint density at radius 1 is 1.55 bits per heavy atom. The standard InChI is InChI=1S/C8H10N2S/c1-6-8(4-3-5-9)11-7(2)10-6/h3-4H2,1-2H3. The number of hydrogen-bond donors (Lipinski definition) is 0. The van der Waals surface area contributed by atoms with Crippen molar-refractivity contribution in [3.8, 4) is 6.07 Å². The molecule has 0 unspecified atom stereocenters. The van der Waals surface area contributed by atoms with E-state index in [-0.39, 0.29) is 0 Å². The molecule has 0 aliphatic heterocycles. The molecule has 3 heteroatoms. The Morgan fingerprint density at radius 2 is 2.27 bits per heavy atom. The van der Waals surface area contributed by atoms with Crippen LogP contribution in [0.4, 0.5) is 0 Å². The van der Waals surface area contributed by atoms with Crippen LogP contribution in [-0.2, 0) is 6.42 Å². The van der Waals surface area contributed by atoms with Gasteiger partial charge in [0.1, 0.15) is 0 Å². The highest BCUT2D eigenvalue weighted by Gasteiger charge is 2.02. The number of rotatable bonds is 2. The fraction of sp³-hybridized carbons (Fsp3) is 0.500. The van der Waals surface area contributed by atoms with E-state index in [0.29, 0.717) is 6.42 Å². The maximum atomic E-state index is 8.36. The summed E-state index contributed by atoms with van der Waals surface area (Å²) in [5, 5.41) is 9.45. The van der Waals surface area contributed by atoms with Crippen LogP contribution >= 0.6 is 11.3 Å². The molecule has 0 saturated heterocycles. The first kappa shape index (κ1) is 8.22. The molecule has 0 bridgehead atoms. The van der Waals surface area contributed by atoms with Gasteiger partial charge in [-0.05, 0) is 20.3 Å². The summed E-state index contributed by atoms with van der Waals surface area (Å²) in [7, 11) is 0. The molecule has 0 spiro atoms. The van der Waals surface area contributed by atoms with Crippen molar-refractivity contribution < 1.29 is 0 Å². The van der Waals surface area contributed by atoms with Gasteiger partial charge in [-0.25, -0.2) is 4.98 Å². The normalized spacial score (nSPS) is 9.55. The topological polar surface area (TPSA) is 36.7 Å². The molecule has 0 aliphatic carbocycles. The molecule has 0 radical (unpaired) electrons. The zero-order valence-corrected chi connectivity index (χ0v) is 7.53. The van der Waals surface area contributed by atoms with Crippen LogP contribution in [0.5, 0.6) is 0 Å². The van der Waals surface area contributed by atoms with Crippen LogP contribution in [0.2, 0.25) is 0 Å². The van der Waals surface area contributed by atoms with E-state index >= 15 is 0 Å². The Labute approximate surface area is 70.5 Å². The highest BCUT2D eigenvalue weighted by molar-refractivity contribution is 7.11. The molecule has 1 aromatic rings. The van der Waals surface area contributed by atoms with E-state index in [0.717, 1.165) is 17.1 Å². The van der Waals surface area contributed by atoms with E-state index in [1.165, 1.54) is 4.88 Å². The third-order valence-electron chi connectivity index (χ3n) is 1.46. The van der Waals surface area contributed by atoms with Crippen molar-refractivity contribution in [3.05, 3.63) is 15.6 Å². The summed E-state index contributed by atoms with van der Waals surface area (Å²) >= 11 is 1.69. The van der Waals surface area contributed by atoms with Crippen LogP contribution in [0.25, 0.3) is 0 Å². The summed E-state index contributed by atoms with van der Waals surface area (Å²) in [5.41, 5.74) is 1.09. The monoisotopic (exact) mass is 166 g/mol. The molecular weight excluding hydrogens is 156 g/mol. The van der Waals surface area contributed by atoms with Gasteiger partial charge in [-0.15, -0.1) is 11.3 Å². The Kier molecular flexibility index (Phi) is 2.61. The fourth-order valence-electron chi connectivity index (χ4n) is 0.975. The molecule has 11 heavy (non-hydrogen) atoms. The molecule has 58 valence electrons. The Morgan fingerprint density at radius 3 is 2.73 bits per heavy atom. The highest BCUT2D eigenvalue weighted by atomic mass is 32.1. The van der Waals surface area contributed by atoms with Gasteiger partial charge in [0.2, 0.25) is 0 Å². The van der Waals surface area contributed by atoms with E-state index in [4.69, 9.17) is 5.26 Å². The second-order valence-corrected chi connectivity index (χ2v) is 3.69. The average molecular weight is 166 g/mol. The van der Waals surface area contributed by atoms with Crippen LogP contribution in [-0.4, -0.2) is 4.98 Å². The number of thiazole rings is 1. The van der Waals surface area contributed by atoms with Gasteiger partial charge in [0, 0.05) is 11.3 Å². The molecule has 1 rings (SSSR count). The predicted octanol–water partition coefficient (Wildman–Crippen LogP) is 2.22. The largest absolute Gasteiger partial charge is 0.247 e. The Balaban J connectivity index is 2.71. The lowest BCUT2D eigenvalue weighted by Gasteiger charge is -1.89. The number of nitrogens with zero attached hydrogens (tertiary/aromatic N) is 2. The summed E-state index contributed by atoms with van der Waals surface area (Å²) < 4.78 is 0. The first-order valence-corrected chi connectivity index (χ1v) is 4.35. The molecule has 0 fully saturated rings. The van der Waals surface area contributed by atoms with Crippen LogP contribution in [0.3, 0.4) is 0 Å². The predicted molar refractivity (Wildman–Crippen MR) is 45.5 cm³/mol. The smallest absolute Gasteiger partial charge is 0.0900 e. The third-order valence-corrected chi connectivity index (χ3v) is 2.60. The summed E-state index contributed by atoms with van der Waals surface area (Å²) in [6.45, 7) is 3.99. The fourth-order valence-corrected chi connectivity index (χ4v) is 1.91. The molecule has 0 aliphatic rings. The van der Waals surface area contributed by atoms with Crippen molar-refractivity contribution in [1.29, 1.82) is 5.26 Å². The van der Waals surface area contributed by atoms with Gasteiger partial charge in [-0.1, -0.05) is 0 Å². The van der Waals surface area contributed by atoms with E-state index in [1.807, 2.05) is 13.8 Å². The number of aromatic nitrogens is 1. The first-order chi connectivity index (χ1) is 5.24. The van der Waals surface area contributed by atoms with Crippen molar-refractivity contribution in [1.82, 2.24) is 4.98 Å². The molecule has 0 amide bonds. The van der Waals surface area contributed by atoms with E-state index < -0.39 is 0 Å². The number of nitriles is 1. The molecule has 0 aromatic carbocycles. The molecule has 0 atom stereocenters. The second kappa shape index (κ2) is 3.49. The van der Waals surface area contributed by atoms with Gasteiger partial charge in [-0.2, -0.15) is 5.26 Å². The Hall–Kier alpha value is -0.880. The third kappa shape index (κ3) is 2.02. The van der Waals surface area contributed by atoms with E-state index in [2.05, 4.69) is 11.1 Å². The zero-order chi connectivity index (χ0) is 8.27. The van der Waals surface area contributed by atoms with Crippen molar-refractivity contribution in [2.24, 2.45) is 0 Å². The van der Waals surface area contributed by atoms with Crippen LogP contribution in [0.15, 0.2) is 0 Å². The SMILES string of the molecule is Cc1nc(C)c(CCC#N)s1. The van der Waals surface area contributed by atoms with Gasteiger partial charge in [0.15, 0.2) is 0 Å². The van der Waals surface area contributed by atoms with Crippen molar-refractivity contribution >= 4 is 11.3 Å². The van der Waals surface area contributed by atoms with Gasteiger partial charge in [0.25, 0.3) is 0 Å². The van der Waals surface area contributed by atoms with Gasteiger partial charge in [0.05, 0.1) is 16.8 Å². The van der Waals surface area contributed by atoms with E-state index in [9.17, 15) is 0 Å². The van der Waals surface area contributed by atoms with Crippen LogP contribution in [0.1, 0.15) is 22.0 Å². The molecular formula is C8H10N2S. The molecule has 0 N–H and O–H groups in total. The lowest BCUT2D eigenvalue weighted by Crippen LogP contribution is -1.81. The number of hydrogen-bond acceptors (Lipinski definition) is 3. The minimum Gasteiger partial charge on any atom is -0.247 e. The van der Waals surface area contributed by atoms with Crippen molar-refractivity contribution in [3.63, 3.8) is 0 Å². The van der Waals surface area contributed by atoms with Gasteiger partial charge >= 0.3 is 0 Å².